The molecule has 3 aromatic rings. The summed E-state index contributed by atoms with van der Waals surface area (Å²) in [6.45, 7) is 3.17. The second-order valence-electron chi connectivity index (χ2n) is 9.52. The van der Waals surface area contributed by atoms with Gasteiger partial charge in [-0.25, -0.2) is 13.6 Å². The third kappa shape index (κ3) is 9.46. The summed E-state index contributed by atoms with van der Waals surface area (Å²) < 4.78 is 32.7. The number of carbonyl (C=O) groups is 3. The van der Waals surface area contributed by atoms with Crippen LogP contribution in [0.4, 0.5) is 19.3 Å². The lowest BCUT2D eigenvalue weighted by atomic mass is 10.0. The third-order valence-corrected chi connectivity index (χ3v) is 6.22. The van der Waals surface area contributed by atoms with E-state index in [1.165, 1.54) is 23.1 Å². The van der Waals surface area contributed by atoms with Gasteiger partial charge in [0.05, 0.1) is 7.11 Å². The van der Waals surface area contributed by atoms with Gasteiger partial charge in [0, 0.05) is 49.1 Å². The Morgan fingerprint density at radius 3 is 2.35 bits per heavy atom. The van der Waals surface area contributed by atoms with Crippen molar-refractivity contribution in [2.75, 3.05) is 39.1 Å². The summed E-state index contributed by atoms with van der Waals surface area (Å²) in [4.78, 5) is 38.2. The summed E-state index contributed by atoms with van der Waals surface area (Å²) in [6, 6.07) is 14.4. The first-order valence-corrected chi connectivity index (χ1v) is 12.9. The van der Waals surface area contributed by atoms with Gasteiger partial charge in [-0.05, 0) is 92.0 Å². The van der Waals surface area contributed by atoms with Crippen molar-refractivity contribution in [3.63, 3.8) is 0 Å². The van der Waals surface area contributed by atoms with Crippen LogP contribution in [0, 0.1) is 18.6 Å². The van der Waals surface area contributed by atoms with Gasteiger partial charge in [0.25, 0.3) is 5.91 Å². The summed E-state index contributed by atoms with van der Waals surface area (Å²) in [5.41, 5.74) is 2.54. The molecule has 0 saturated carbocycles. The van der Waals surface area contributed by atoms with Crippen molar-refractivity contribution >= 4 is 23.9 Å². The second-order valence-corrected chi connectivity index (χ2v) is 9.52. The van der Waals surface area contributed by atoms with Gasteiger partial charge >= 0.3 is 6.03 Å². The van der Waals surface area contributed by atoms with E-state index >= 15 is 0 Å². The van der Waals surface area contributed by atoms with Crippen LogP contribution in [0.1, 0.15) is 38.3 Å². The molecule has 3 N–H and O–H groups in total. The number of urea groups is 1. The van der Waals surface area contributed by atoms with Crippen LogP contribution in [0.15, 0.2) is 60.7 Å². The van der Waals surface area contributed by atoms with E-state index in [0.29, 0.717) is 60.5 Å². The number of hydrogen-bond acceptors (Lipinski definition) is 5. The molecule has 40 heavy (non-hydrogen) atoms. The maximum absolute atomic E-state index is 13.8. The van der Waals surface area contributed by atoms with Gasteiger partial charge in [0.15, 0.2) is 0 Å². The molecule has 0 spiro atoms. The van der Waals surface area contributed by atoms with Crippen molar-refractivity contribution in [1.82, 2.24) is 15.5 Å². The number of rotatable bonds is 13. The van der Waals surface area contributed by atoms with E-state index in [2.05, 4.69) is 16.0 Å². The molecular formula is C30H34F2N4O4. The van der Waals surface area contributed by atoms with Gasteiger partial charge in [0.1, 0.15) is 23.7 Å². The molecule has 0 bridgehead atoms. The Morgan fingerprint density at radius 1 is 1.00 bits per heavy atom. The zero-order valence-electron chi connectivity index (χ0n) is 22.8. The largest absolute Gasteiger partial charge is 0.497 e. The molecule has 0 aliphatic carbocycles. The lowest BCUT2D eigenvalue weighted by molar-refractivity contribution is 0.0934. The average molecular weight is 553 g/mol. The molecule has 1 atom stereocenters. The highest BCUT2D eigenvalue weighted by atomic mass is 19.1. The third-order valence-electron chi connectivity index (χ3n) is 6.22. The zero-order valence-corrected chi connectivity index (χ0v) is 22.8. The van der Waals surface area contributed by atoms with Crippen LogP contribution in [-0.2, 0) is 6.42 Å². The predicted octanol–water partition coefficient (Wildman–Crippen LogP) is 4.58. The Morgan fingerprint density at radius 2 is 1.70 bits per heavy atom. The summed E-state index contributed by atoms with van der Waals surface area (Å²) >= 11 is 0. The zero-order chi connectivity index (χ0) is 29.1. The monoisotopic (exact) mass is 552 g/mol. The van der Waals surface area contributed by atoms with Gasteiger partial charge in [-0.1, -0.05) is 0 Å². The molecule has 8 nitrogen and oxygen atoms in total. The number of amides is 3. The number of anilines is 1. The molecule has 10 heteroatoms. The number of methoxy groups -OCH3 is 1. The van der Waals surface area contributed by atoms with Gasteiger partial charge < -0.3 is 25.6 Å². The number of ether oxygens (including phenoxy) is 1. The van der Waals surface area contributed by atoms with E-state index in [4.69, 9.17) is 4.74 Å². The fraction of sp³-hybridized carbons (Fsp3) is 0.300. The maximum Gasteiger partial charge on any atom is 0.321 e. The van der Waals surface area contributed by atoms with Gasteiger partial charge in [-0.2, -0.15) is 0 Å². The lowest BCUT2D eigenvalue weighted by Gasteiger charge is -2.21. The minimum Gasteiger partial charge on any atom is -0.497 e. The predicted molar refractivity (Wildman–Crippen MR) is 150 cm³/mol. The quantitative estimate of drug-likeness (QED) is 0.213. The van der Waals surface area contributed by atoms with E-state index in [-0.39, 0.29) is 18.4 Å². The van der Waals surface area contributed by atoms with Crippen molar-refractivity contribution < 1.29 is 27.9 Å². The molecule has 0 fully saturated rings. The Kier molecular flexibility index (Phi) is 11.1. The van der Waals surface area contributed by atoms with E-state index in [1.54, 1.807) is 57.5 Å². The maximum atomic E-state index is 13.8. The Hall–Kier alpha value is -4.31. The van der Waals surface area contributed by atoms with Gasteiger partial charge in [0.2, 0.25) is 0 Å². The number of carbonyl (C=O) groups excluding carboxylic acids is 3. The fourth-order valence-electron chi connectivity index (χ4n) is 4.16. The highest BCUT2D eigenvalue weighted by Crippen LogP contribution is 2.16. The Balaban J connectivity index is 1.55. The minimum absolute atomic E-state index is 0.207. The van der Waals surface area contributed by atoms with Crippen LogP contribution in [0.3, 0.4) is 0 Å². The van der Waals surface area contributed by atoms with Crippen molar-refractivity contribution in [3.05, 3.63) is 94.6 Å². The smallest absolute Gasteiger partial charge is 0.321 e. The van der Waals surface area contributed by atoms with Crippen molar-refractivity contribution in [2.45, 2.75) is 25.8 Å². The molecule has 0 radical (unpaired) electrons. The number of benzene rings is 3. The summed E-state index contributed by atoms with van der Waals surface area (Å²) in [6.07, 6.45) is 1.34. The number of hydrogen-bond donors (Lipinski definition) is 3. The van der Waals surface area contributed by atoms with E-state index < -0.39 is 17.7 Å². The Bertz CT molecular complexity index is 1300. The van der Waals surface area contributed by atoms with Crippen molar-refractivity contribution in [3.8, 4) is 5.75 Å². The van der Waals surface area contributed by atoms with Crippen LogP contribution in [-0.4, -0.2) is 63.0 Å². The second kappa shape index (κ2) is 14.7. The number of nitrogens with one attached hydrogen (secondary N) is 3. The number of aryl methyl sites for hydroxylation is 1. The average Bonchev–Trinajstić information content (AvgIpc) is 2.92. The normalized spacial score (nSPS) is 11.4. The molecule has 212 valence electrons. The topological polar surface area (TPSA) is 99.8 Å². The molecule has 0 aromatic heterocycles. The molecule has 3 rings (SSSR count). The summed E-state index contributed by atoms with van der Waals surface area (Å²) in [5.74, 6) is -1.08. The molecule has 0 saturated heterocycles. The first kappa shape index (κ1) is 30.2. The highest BCUT2D eigenvalue weighted by molar-refractivity contribution is 5.96. The first-order valence-electron chi connectivity index (χ1n) is 12.9. The van der Waals surface area contributed by atoms with Crippen LogP contribution in [0.25, 0.3) is 0 Å². The standard InChI is InChI=1S/C30H34F2N4O4/c1-20-12-22(19-37)14-23(13-20)29(38)34-27(17-21-15-24(31)18-25(32)16-21)8-9-33-10-11-36(2)30(39)35-26-4-6-28(40-3)7-5-26/h4-7,12-16,18-19,27,33H,8-11,17H2,1-3H3,(H,34,38)(H,35,39)/t27-/m1/s1. The van der Waals surface area contributed by atoms with Crippen LogP contribution >= 0.6 is 0 Å². The van der Waals surface area contributed by atoms with Crippen LogP contribution in [0.2, 0.25) is 0 Å². The minimum atomic E-state index is -0.691. The summed E-state index contributed by atoms with van der Waals surface area (Å²) in [7, 11) is 3.25. The fourth-order valence-corrected chi connectivity index (χ4v) is 4.16. The number of likely N-dealkylation sites (N-methyl/N-ethyl adjacent to an activating group) is 1. The number of aldehydes is 1. The molecule has 3 amide bonds. The molecule has 0 aliphatic heterocycles. The van der Waals surface area contributed by atoms with E-state index in [0.717, 1.165) is 11.6 Å². The van der Waals surface area contributed by atoms with Crippen molar-refractivity contribution in [2.24, 2.45) is 0 Å². The van der Waals surface area contributed by atoms with Gasteiger partial charge in [-0.15, -0.1) is 0 Å². The van der Waals surface area contributed by atoms with Gasteiger partial charge in [-0.3, -0.25) is 9.59 Å². The first-order chi connectivity index (χ1) is 19.2. The van der Waals surface area contributed by atoms with Crippen LogP contribution < -0.4 is 20.7 Å². The number of nitrogens with zero attached hydrogens (tertiary/aromatic N) is 1. The van der Waals surface area contributed by atoms with E-state index in [1.807, 2.05) is 0 Å². The summed E-state index contributed by atoms with van der Waals surface area (Å²) in [5, 5.41) is 8.99. The molecule has 0 heterocycles. The SMILES string of the molecule is COc1ccc(NC(=O)N(C)CCNCC[C@H](Cc2cc(F)cc(F)c2)NC(=O)c2cc(C)cc(C=O)c2)cc1. The molecular weight excluding hydrogens is 518 g/mol. The number of halogens is 2. The molecule has 0 unspecified atom stereocenters. The van der Waals surface area contributed by atoms with Crippen LogP contribution in [0.5, 0.6) is 5.75 Å². The lowest BCUT2D eigenvalue weighted by Crippen LogP contribution is -2.40. The Labute approximate surface area is 232 Å². The highest BCUT2D eigenvalue weighted by Gasteiger charge is 2.17. The van der Waals surface area contributed by atoms with E-state index in [9.17, 15) is 23.2 Å². The van der Waals surface area contributed by atoms with Crippen molar-refractivity contribution in [1.29, 1.82) is 0 Å². The molecule has 0 aliphatic rings. The molecule has 3 aromatic carbocycles.